The summed E-state index contributed by atoms with van der Waals surface area (Å²) in [6, 6.07) is 9.45. The number of Topliss-reactive ketones (excluding diaryl/α,β-unsaturated/α-hetero) is 1. The molecule has 1 aliphatic carbocycles. The molecule has 29 heavy (non-hydrogen) atoms. The van der Waals surface area contributed by atoms with Crippen molar-refractivity contribution >= 4 is 33.4 Å². The second kappa shape index (κ2) is 7.91. The summed E-state index contributed by atoms with van der Waals surface area (Å²) in [5.41, 5.74) is 3.29. The molecule has 1 atom stereocenters. The third-order valence-electron chi connectivity index (χ3n) is 5.19. The highest BCUT2D eigenvalue weighted by molar-refractivity contribution is 9.10. The molecule has 1 aromatic carbocycles. The number of carbonyl (C=O) groups excluding carboxylic acids is 2. The first-order valence-corrected chi connectivity index (χ1v) is 10.2. The molecule has 1 aliphatic heterocycles. The molecule has 2 aliphatic rings. The molecule has 0 saturated carbocycles. The molecule has 5 nitrogen and oxygen atoms in total. The zero-order valence-corrected chi connectivity index (χ0v) is 17.3. The van der Waals surface area contributed by atoms with Gasteiger partial charge in [-0.25, -0.2) is 9.37 Å². The molecule has 2 heterocycles. The molecule has 1 unspecified atom stereocenters. The lowest BCUT2D eigenvalue weighted by Crippen LogP contribution is -2.35. The molecule has 0 radical (unpaired) electrons. The first-order chi connectivity index (χ1) is 13.9. The first kappa shape index (κ1) is 19.5. The van der Waals surface area contributed by atoms with Gasteiger partial charge in [0, 0.05) is 45.5 Å². The summed E-state index contributed by atoms with van der Waals surface area (Å²) in [6.07, 6.45) is 3.57. The molecule has 0 fully saturated rings. The lowest BCUT2D eigenvalue weighted by atomic mass is 9.75. The fourth-order valence-electron chi connectivity index (χ4n) is 3.91. The van der Waals surface area contributed by atoms with Crippen molar-refractivity contribution in [2.45, 2.75) is 32.1 Å². The number of nitrogens with zero attached hydrogens (tertiary/aromatic N) is 1. The second-order valence-corrected chi connectivity index (χ2v) is 8.05. The summed E-state index contributed by atoms with van der Waals surface area (Å²) in [4.78, 5) is 30.2. The minimum absolute atomic E-state index is 0.0210. The van der Waals surface area contributed by atoms with E-state index in [2.05, 4.69) is 31.5 Å². The standard InChI is InChI=1S/C22H19BrFN3O2/c1-12-19(22(29)27-18-10-7-14(23)11-25-18)20(13-5-8-15(24)9-6-13)21-16(26-12)3-2-4-17(21)28/h5-11,20,26H,2-4H2,1H3,(H,25,27,29). The van der Waals surface area contributed by atoms with Crippen LogP contribution in [-0.4, -0.2) is 16.7 Å². The van der Waals surface area contributed by atoms with E-state index in [1.807, 2.05) is 6.92 Å². The van der Waals surface area contributed by atoms with Crippen LogP contribution in [0.1, 0.15) is 37.7 Å². The number of anilines is 1. The van der Waals surface area contributed by atoms with Crippen LogP contribution in [0, 0.1) is 5.82 Å². The Morgan fingerprint density at radius 3 is 2.66 bits per heavy atom. The Kier molecular flexibility index (Phi) is 5.32. The van der Waals surface area contributed by atoms with Gasteiger partial charge in [-0.1, -0.05) is 12.1 Å². The number of ketones is 1. The summed E-state index contributed by atoms with van der Waals surface area (Å²) >= 11 is 3.32. The van der Waals surface area contributed by atoms with E-state index in [-0.39, 0.29) is 17.5 Å². The number of amides is 1. The lowest BCUT2D eigenvalue weighted by molar-refractivity contribution is -0.116. The molecular formula is C22H19BrFN3O2. The van der Waals surface area contributed by atoms with E-state index in [4.69, 9.17) is 0 Å². The highest BCUT2D eigenvalue weighted by atomic mass is 79.9. The van der Waals surface area contributed by atoms with Gasteiger partial charge >= 0.3 is 0 Å². The first-order valence-electron chi connectivity index (χ1n) is 9.36. The van der Waals surface area contributed by atoms with Gasteiger partial charge in [0.15, 0.2) is 5.78 Å². The summed E-state index contributed by atoms with van der Waals surface area (Å²) < 4.78 is 14.3. The highest BCUT2D eigenvalue weighted by Gasteiger charge is 2.38. The van der Waals surface area contributed by atoms with Crippen molar-refractivity contribution in [3.8, 4) is 0 Å². The van der Waals surface area contributed by atoms with Crippen molar-refractivity contribution in [3.63, 3.8) is 0 Å². The molecule has 148 valence electrons. The molecule has 0 saturated heterocycles. The average Bonchev–Trinajstić information content (AvgIpc) is 2.69. The smallest absolute Gasteiger partial charge is 0.255 e. The number of dihydropyridines is 1. The monoisotopic (exact) mass is 455 g/mol. The maximum absolute atomic E-state index is 13.5. The zero-order chi connectivity index (χ0) is 20.5. The van der Waals surface area contributed by atoms with E-state index in [1.54, 1.807) is 30.5 Å². The third kappa shape index (κ3) is 3.87. The second-order valence-electron chi connectivity index (χ2n) is 7.13. The number of hydrogen-bond acceptors (Lipinski definition) is 4. The molecule has 7 heteroatoms. The quantitative estimate of drug-likeness (QED) is 0.709. The van der Waals surface area contributed by atoms with Crippen molar-refractivity contribution in [2.75, 3.05) is 5.32 Å². The maximum atomic E-state index is 13.5. The fraction of sp³-hybridized carbons (Fsp3) is 0.227. The van der Waals surface area contributed by atoms with Crippen LogP contribution in [0.2, 0.25) is 0 Å². The van der Waals surface area contributed by atoms with E-state index < -0.39 is 5.92 Å². The molecule has 0 bridgehead atoms. The molecular weight excluding hydrogens is 437 g/mol. The summed E-state index contributed by atoms with van der Waals surface area (Å²) in [5.74, 6) is -0.824. The Morgan fingerprint density at radius 1 is 1.21 bits per heavy atom. The lowest BCUT2D eigenvalue weighted by Gasteiger charge is -2.34. The van der Waals surface area contributed by atoms with Crippen molar-refractivity contribution in [3.05, 3.63) is 81.0 Å². The Hall–Kier alpha value is -2.80. The van der Waals surface area contributed by atoms with Gasteiger partial charge in [-0.05, 0) is 65.5 Å². The van der Waals surface area contributed by atoms with Crippen molar-refractivity contribution in [1.82, 2.24) is 10.3 Å². The van der Waals surface area contributed by atoms with Crippen LogP contribution >= 0.6 is 15.9 Å². The van der Waals surface area contributed by atoms with Crippen LogP contribution in [0.3, 0.4) is 0 Å². The number of rotatable bonds is 3. The van der Waals surface area contributed by atoms with E-state index in [1.165, 1.54) is 12.1 Å². The number of carbonyl (C=O) groups is 2. The molecule has 0 spiro atoms. The molecule has 1 amide bonds. The van der Waals surface area contributed by atoms with Crippen molar-refractivity contribution < 1.29 is 14.0 Å². The van der Waals surface area contributed by atoms with E-state index >= 15 is 0 Å². The topological polar surface area (TPSA) is 71.1 Å². The highest BCUT2D eigenvalue weighted by Crippen LogP contribution is 2.42. The zero-order valence-electron chi connectivity index (χ0n) is 15.8. The summed E-state index contributed by atoms with van der Waals surface area (Å²) in [7, 11) is 0. The van der Waals surface area contributed by atoms with E-state index in [0.29, 0.717) is 34.6 Å². The van der Waals surface area contributed by atoms with Gasteiger partial charge in [-0.3, -0.25) is 9.59 Å². The van der Waals surface area contributed by atoms with Crippen molar-refractivity contribution in [2.24, 2.45) is 0 Å². The van der Waals surface area contributed by atoms with Crippen molar-refractivity contribution in [1.29, 1.82) is 0 Å². The van der Waals surface area contributed by atoms with Gasteiger partial charge < -0.3 is 10.6 Å². The Bertz CT molecular complexity index is 1040. The number of benzene rings is 1. The molecule has 4 rings (SSSR count). The Labute approximate surface area is 176 Å². The van der Waals surface area contributed by atoms with Gasteiger partial charge in [0.2, 0.25) is 0 Å². The van der Waals surface area contributed by atoms with Gasteiger partial charge in [-0.15, -0.1) is 0 Å². The number of pyridine rings is 1. The minimum atomic E-state index is -0.546. The number of aromatic nitrogens is 1. The Morgan fingerprint density at radius 2 is 1.97 bits per heavy atom. The fourth-order valence-corrected chi connectivity index (χ4v) is 4.14. The molecule has 1 aromatic heterocycles. The van der Waals surface area contributed by atoms with Crippen LogP contribution in [0.4, 0.5) is 10.2 Å². The summed E-state index contributed by atoms with van der Waals surface area (Å²) in [5, 5.41) is 6.08. The largest absolute Gasteiger partial charge is 0.362 e. The van der Waals surface area contributed by atoms with E-state index in [0.717, 1.165) is 23.0 Å². The number of hydrogen-bond donors (Lipinski definition) is 2. The van der Waals surface area contributed by atoms with Crippen LogP contribution in [-0.2, 0) is 9.59 Å². The van der Waals surface area contributed by atoms with Gasteiger partial charge in [0.1, 0.15) is 11.6 Å². The predicted octanol–water partition coefficient (Wildman–Crippen LogP) is 4.59. The number of allylic oxidation sites excluding steroid dienone is 3. The average molecular weight is 456 g/mol. The van der Waals surface area contributed by atoms with Gasteiger partial charge in [-0.2, -0.15) is 0 Å². The molecule has 2 aromatic rings. The van der Waals surface area contributed by atoms with Crippen LogP contribution in [0.25, 0.3) is 0 Å². The van der Waals surface area contributed by atoms with Gasteiger partial charge in [0.25, 0.3) is 5.91 Å². The Balaban J connectivity index is 1.77. The summed E-state index contributed by atoms with van der Waals surface area (Å²) in [6.45, 7) is 1.82. The van der Waals surface area contributed by atoms with Crippen LogP contribution in [0.15, 0.2) is 69.6 Å². The van der Waals surface area contributed by atoms with Crippen LogP contribution < -0.4 is 10.6 Å². The van der Waals surface area contributed by atoms with E-state index in [9.17, 15) is 14.0 Å². The number of nitrogens with one attached hydrogen (secondary N) is 2. The minimum Gasteiger partial charge on any atom is -0.362 e. The normalized spacial score (nSPS) is 19.0. The predicted molar refractivity (Wildman–Crippen MR) is 111 cm³/mol. The maximum Gasteiger partial charge on any atom is 0.255 e. The molecule has 2 N–H and O–H groups in total. The number of halogens is 2. The van der Waals surface area contributed by atoms with Gasteiger partial charge in [0.05, 0.1) is 0 Å². The SMILES string of the molecule is CC1=C(C(=O)Nc2ccc(Br)cn2)C(c2ccc(F)cc2)C2=C(CCCC2=O)N1. The van der Waals surface area contributed by atoms with Crippen LogP contribution in [0.5, 0.6) is 0 Å². The third-order valence-corrected chi connectivity index (χ3v) is 5.66.